The molecule has 100 valence electrons. The van der Waals surface area contributed by atoms with Crippen LogP contribution in [0.5, 0.6) is 0 Å². The average molecular weight is 307 g/mol. The first-order chi connectivity index (χ1) is 8.36. The van der Waals surface area contributed by atoms with Crippen molar-refractivity contribution in [2.75, 3.05) is 13.6 Å². The second-order valence-electron chi connectivity index (χ2n) is 3.30. The van der Waals surface area contributed by atoms with Gasteiger partial charge in [0.15, 0.2) is 0 Å². The van der Waals surface area contributed by atoms with E-state index in [9.17, 15) is 13.2 Å². The number of carbonyl (C=O) groups excluding carboxylic acids is 1. The van der Waals surface area contributed by atoms with E-state index in [1.54, 1.807) is 6.07 Å². The van der Waals surface area contributed by atoms with Crippen LogP contribution in [0.25, 0.3) is 0 Å². The summed E-state index contributed by atoms with van der Waals surface area (Å²) in [4.78, 5) is 11.6. The normalized spacial score (nSPS) is 11.2. The molecule has 0 aromatic carbocycles. The Balaban J connectivity index is 2.68. The van der Waals surface area contributed by atoms with Gasteiger partial charge in [-0.15, -0.1) is 11.3 Å². The largest absolute Gasteiger partial charge is 0.389 e. The lowest BCUT2D eigenvalue weighted by molar-refractivity contribution is -0.120. The summed E-state index contributed by atoms with van der Waals surface area (Å²) in [6.45, 7) is 0.0440. The van der Waals surface area contributed by atoms with Gasteiger partial charge in [-0.25, -0.2) is 13.1 Å². The fourth-order valence-electron chi connectivity index (χ4n) is 1.09. The maximum Gasteiger partial charge on any atom is 0.250 e. The number of hydrogen-bond donors (Lipinski definition) is 3. The number of carbonyl (C=O) groups is 1. The highest BCUT2D eigenvalue weighted by molar-refractivity contribution is 7.91. The van der Waals surface area contributed by atoms with Gasteiger partial charge in [0.2, 0.25) is 15.9 Å². The lowest BCUT2D eigenvalue weighted by atomic mass is 10.4. The van der Waals surface area contributed by atoms with Crippen LogP contribution in [0.15, 0.2) is 16.3 Å². The van der Waals surface area contributed by atoms with Crippen LogP contribution in [0.2, 0.25) is 0 Å². The molecule has 0 unspecified atom stereocenters. The third-order valence-corrected chi connectivity index (χ3v) is 5.43. The summed E-state index contributed by atoms with van der Waals surface area (Å²) in [6.07, 6.45) is 0.0866. The van der Waals surface area contributed by atoms with Gasteiger partial charge in [-0.2, -0.15) is 0 Å². The molecule has 6 nitrogen and oxygen atoms in total. The zero-order valence-corrected chi connectivity index (χ0v) is 12.0. The Hall–Kier alpha value is -1.03. The molecule has 0 atom stereocenters. The first kappa shape index (κ1) is 15.0. The van der Waals surface area contributed by atoms with E-state index in [1.807, 2.05) is 0 Å². The van der Waals surface area contributed by atoms with Gasteiger partial charge in [0.1, 0.15) is 9.20 Å². The number of nitrogens with one attached hydrogen (secondary N) is 2. The van der Waals surface area contributed by atoms with Crippen LogP contribution in [0.3, 0.4) is 0 Å². The van der Waals surface area contributed by atoms with Crippen LogP contribution in [0.4, 0.5) is 0 Å². The van der Waals surface area contributed by atoms with E-state index in [2.05, 4.69) is 10.0 Å². The topological polar surface area (TPSA) is 101 Å². The molecule has 0 radical (unpaired) electrons. The van der Waals surface area contributed by atoms with Gasteiger partial charge in [-0.05, 0) is 12.1 Å². The predicted molar refractivity (Wildman–Crippen MR) is 74.1 cm³/mol. The van der Waals surface area contributed by atoms with E-state index >= 15 is 0 Å². The van der Waals surface area contributed by atoms with Crippen LogP contribution in [-0.4, -0.2) is 32.9 Å². The number of hydrogen-bond acceptors (Lipinski definition) is 5. The minimum Gasteiger partial charge on any atom is -0.389 e. The van der Waals surface area contributed by atoms with Crippen LogP contribution in [-0.2, 0) is 14.8 Å². The number of rotatable bonds is 6. The molecule has 0 aliphatic heterocycles. The maximum atomic E-state index is 11.8. The minimum absolute atomic E-state index is 0.0440. The van der Waals surface area contributed by atoms with Gasteiger partial charge < -0.3 is 11.1 Å². The molecule has 9 heteroatoms. The highest BCUT2D eigenvalue weighted by Gasteiger charge is 2.17. The highest BCUT2D eigenvalue weighted by Crippen LogP contribution is 2.21. The first-order valence-electron chi connectivity index (χ1n) is 4.96. The maximum absolute atomic E-state index is 11.8. The van der Waals surface area contributed by atoms with Crippen LogP contribution >= 0.6 is 23.6 Å². The second kappa shape index (κ2) is 6.23. The third-order valence-electron chi connectivity index (χ3n) is 2.01. The summed E-state index contributed by atoms with van der Waals surface area (Å²) >= 11 is 5.75. The third kappa shape index (κ3) is 4.02. The number of amides is 1. The molecule has 0 saturated carbocycles. The molecule has 1 aromatic rings. The first-order valence-corrected chi connectivity index (χ1v) is 7.67. The molecule has 1 heterocycles. The van der Waals surface area contributed by atoms with Crippen molar-refractivity contribution < 1.29 is 13.2 Å². The van der Waals surface area contributed by atoms with Gasteiger partial charge in [0.25, 0.3) is 0 Å². The van der Waals surface area contributed by atoms with E-state index in [1.165, 1.54) is 13.1 Å². The van der Waals surface area contributed by atoms with Gasteiger partial charge in [0, 0.05) is 20.0 Å². The molecule has 0 bridgehead atoms. The number of sulfonamides is 1. The van der Waals surface area contributed by atoms with Gasteiger partial charge in [-0.3, -0.25) is 4.79 Å². The van der Waals surface area contributed by atoms with Crippen molar-refractivity contribution >= 4 is 44.5 Å². The molecule has 1 rings (SSSR count). The van der Waals surface area contributed by atoms with Crippen molar-refractivity contribution in [1.29, 1.82) is 0 Å². The van der Waals surface area contributed by atoms with Crippen molar-refractivity contribution in [2.45, 2.75) is 10.6 Å². The van der Waals surface area contributed by atoms with Gasteiger partial charge in [-0.1, -0.05) is 12.2 Å². The van der Waals surface area contributed by atoms with Crippen LogP contribution < -0.4 is 15.8 Å². The van der Waals surface area contributed by atoms with E-state index in [-0.39, 0.29) is 28.1 Å². The Morgan fingerprint density at radius 2 is 2.17 bits per heavy atom. The summed E-state index contributed by atoms with van der Waals surface area (Å²) < 4.78 is 26.1. The minimum atomic E-state index is -3.60. The summed E-state index contributed by atoms with van der Waals surface area (Å²) in [5, 5.41) is 2.41. The zero-order valence-electron chi connectivity index (χ0n) is 9.60. The Labute approximate surface area is 115 Å². The number of nitrogens with two attached hydrogens (primary N) is 1. The lowest BCUT2D eigenvalue weighted by Gasteiger charge is -2.03. The van der Waals surface area contributed by atoms with Crippen molar-refractivity contribution in [1.82, 2.24) is 10.0 Å². The molecular weight excluding hydrogens is 294 g/mol. The van der Waals surface area contributed by atoms with Crippen LogP contribution in [0.1, 0.15) is 11.3 Å². The van der Waals surface area contributed by atoms with E-state index in [0.29, 0.717) is 4.88 Å². The van der Waals surface area contributed by atoms with Crippen LogP contribution in [0, 0.1) is 0 Å². The standard InChI is InChI=1S/C9H13N3O3S3/c1-11-7(13)4-5-12-18(14,15)8-3-2-6(17-8)9(10)16/h2-3,12H,4-5H2,1H3,(H2,10,16)(H,11,13). The Bertz CT molecular complexity index is 550. The summed E-state index contributed by atoms with van der Waals surface area (Å²) in [7, 11) is -2.11. The lowest BCUT2D eigenvalue weighted by Crippen LogP contribution is -2.28. The smallest absolute Gasteiger partial charge is 0.250 e. The number of thiophene rings is 1. The fourth-order valence-corrected chi connectivity index (χ4v) is 3.52. The fraction of sp³-hybridized carbons (Fsp3) is 0.333. The van der Waals surface area contributed by atoms with Crippen molar-refractivity contribution in [2.24, 2.45) is 5.73 Å². The van der Waals surface area contributed by atoms with Crippen molar-refractivity contribution in [3.05, 3.63) is 17.0 Å². The molecule has 18 heavy (non-hydrogen) atoms. The van der Waals surface area contributed by atoms with E-state index in [0.717, 1.165) is 11.3 Å². The van der Waals surface area contributed by atoms with E-state index in [4.69, 9.17) is 18.0 Å². The predicted octanol–water partition coefficient (Wildman–Crippen LogP) is -0.203. The molecule has 0 fully saturated rings. The molecular formula is C9H13N3O3S3. The average Bonchev–Trinajstić information content (AvgIpc) is 2.78. The molecule has 1 amide bonds. The zero-order chi connectivity index (χ0) is 13.8. The molecule has 1 aromatic heterocycles. The van der Waals surface area contributed by atoms with Gasteiger partial charge in [0.05, 0.1) is 4.88 Å². The highest BCUT2D eigenvalue weighted by atomic mass is 32.2. The molecule has 0 aliphatic rings. The molecule has 0 aliphatic carbocycles. The SMILES string of the molecule is CNC(=O)CCNS(=O)(=O)c1ccc(C(N)=S)s1. The monoisotopic (exact) mass is 307 g/mol. The van der Waals surface area contributed by atoms with E-state index < -0.39 is 10.0 Å². The van der Waals surface area contributed by atoms with Gasteiger partial charge >= 0.3 is 0 Å². The quantitative estimate of drug-likeness (QED) is 0.632. The summed E-state index contributed by atoms with van der Waals surface area (Å²) in [5.74, 6) is -0.229. The Morgan fingerprint density at radius 1 is 1.50 bits per heavy atom. The molecule has 0 spiro atoms. The Morgan fingerprint density at radius 3 is 2.67 bits per heavy atom. The number of thiocarbonyl (C=S) groups is 1. The Kier molecular flexibility index (Phi) is 5.20. The van der Waals surface area contributed by atoms with Crippen molar-refractivity contribution in [3.63, 3.8) is 0 Å². The summed E-state index contributed by atoms with van der Waals surface area (Å²) in [5.41, 5.74) is 5.40. The second-order valence-corrected chi connectivity index (χ2v) is 6.82. The molecule has 4 N–H and O–H groups in total. The van der Waals surface area contributed by atoms with Crippen molar-refractivity contribution in [3.8, 4) is 0 Å². The summed E-state index contributed by atoms with van der Waals surface area (Å²) in [6, 6.07) is 2.99. The molecule has 0 saturated heterocycles.